The van der Waals surface area contributed by atoms with Gasteiger partial charge in [0, 0.05) is 18.7 Å². The number of benzene rings is 2. The zero-order valence-corrected chi connectivity index (χ0v) is 17.4. The number of pyridine rings is 1. The van der Waals surface area contributed by atoms with E-state index in [0.717, 1.165) is 29.0 Å². The van der Waals surface area contributed by atoms with Gasteiger partial charge in [-0.1, -0.05) is 12.1 Å². The van der Waals surface area contributed by atoms with Crippen molar-refractivity contribution in [2.45, 2.75) is 25.6 Å². The molecular formula is C23H24F2N2O3. The van der Waals surface area contributed by atoms with Gasteiger partial charge in [0.25, 0.3) is 5.56 Å². The molecule has 3 aromatic rings. The normalized spacial score (nSPS) is 17.2. The van der Waals surface area contributed by atoms with Gasteiger partial charge in [-0.2, -0.15) is 0 Å². The quantitative estimate of drug-likeness (QED) is 0.645. The van der Waals surface area contributed by atoms with Crippen molar-refractivity contribution < 1.29 is 18.3 Å². The zero-order chi connectivity index (χ0) is 21.6. The van der Waals surface area contributed by atoms with Crippen LogP contribution in [-0.2, 0) is 18.4 Å². The Bertz CT molecular complexity index is 1160. The Balaban J connectivity index is 1.84. The lowest BCUT2D eigenvalue weighted by molar-refractivity contribution is 0.0253. The topological polar surface area (TPSA) is 43.7 Å². The van der Waals surface area contributed by atoms with E-state index in [1.165, 1.54) is 4.57 Å². The molecule has 0 fully saturated rings. The molecular weight excluding hydrogens is 390 g/mol. The van der Waals surface area contributed by atoms with Gasteiger partial charge in [0.1, 0.15) is 5.75 Å². The number of fused-ring (bicyclic) bond motifs is 3. The number of hydrogen-bond acceptors (Lipinski definition) is 4. The highest BCUT2D eigenvalue weighted by atomic mass is 19.2. The summed E-state index contributed by atoms with van der Waals surface area (Å²) < 4.78 is 40.5. The molecule has 158 valence electrons. The van der Waals surface area contributed by atoms with E-state index in [9.17, 15) is 13.6 Å². The first-order valence-electron chi connectivity index (χ1n) is 9.77. The maximum absolute atomic E-state index is 14.1. The molecule has 1 aliphatic heterocycles. The zero-order valence-electron chi connectivity index (χ0n) is 17.4. The molecule has 1 aliphatic rings. The Morgan fingerprint density at radius 1 is 1.17 bits per heavy atom. The third-order valence-electron chi connectivity index (χ3n) is 6.15. The monoisotopic (exact) mass is 414 g/mol. The second-order valence-electron chi connectivity index (χ2n) is 7.68. The van der Waals surface area contributed by atoms with Crippen LogP contribution in [0.2, 0.25) is 0 Å². The molecule has 0 radical (unpaired) electrons. The van der Waals surface area contributed by atoms with Crippen LogP contribution in [-0.4, -0.2) is 30.2 Å². The molecule has 0 saturated carbocycles. The molecule has 30 heavy (non-hydrogen) atoms. The fourth-order valence-corrected chi connectivity index (χ4v) is 4.19. The third kappa shape index (κ3) is 3.28. The molecule has 0 bridgehead atoms. The lowest BCUT2D eigenvalue weighted by atomic mass is 9.93. The fourth-order valence-electron chi connectivity index (χ4n) is 4.19. The number of halogens is 2. The van der Waals surface area contributed by atoms with E-state index in [2.05, 4.69) is 11.8 Å². The summed E-state index contributed by atoms with van der Waals surface area (Å²) in [5, 5.41) is 0.613. The van der Waals surface area contributed by atoms with Gasteiger partial charge >= 0.3 is 0 Å². The van der Waals surface area contributed by atoms with Crippen molar-refractivity contribution in [1.29, 1.82) is 0 Å². The highest BCUT2D eigenvalue weighted by Crippen LogP contribution is 2.38. The molecule has 0 unspecified atom stereocenters. The van der Waals surface area contributed by atoms with Crippen molar-refractivity contribution in [3.63, 3.8) is 0 Å². The molecule has 0 amide bonds. The minimum atomic E-state index is -1.02. The maximum atomic E-state index is 14.1. The molecule has 5 nitrogen and oxygen atoms in total. The first-order valence-corrected chi connectivity index (χ1v) is 9.77. The van der Waals surface area contributed by atoms with E-state index >= 15 is 0 Å². The number of nitrogens with zero attached hydrogens (tertiary/aromatic N) is 2. The average Bonchev–Trinajstić information content (AvgIpc) is 2.77. The smallest absolute Gasteiger partial charge is 0.258 e. The van der Waals surface area contributed by atoms with E-state index in [0.29, 0.717) is 17.7 Å². The lowest BCUT2D eigenvalue weighted by Gasteiger charge is -2.38. The summed E-state index contributed by atoms with van der Waals surface area (Å²) in [6.07, 6.45) is 0. The van der Waals surface area contributed by atoms with Crippen LogP contribution in [0.15, 0.2) is 41.2 Å². The first-order chi connectivity index (χ1) is 14.3. The Morgan fingerprint density at radius 3 is 2.43 bits per heavy atom. The van der Waals surface area contributed by atoms with Crippen LogP contribution in [0, 0.1) is 11.6 Å². The van der Waals surface area contributed by atoms with Crippen molar-refractivity contribution >= 4 is 10.8 Å². The van der Waals surface area contributed by atoms with Crippen LogP contribution in [0.4, 0.5) is 8.78 Å². The summed E-state index contributed by atoms with van der Waals surface area (Å²) in [7, 11) is 5.23. The van der Waals surface area contributed by atoms with Crippen LogP contribution in [0.3, 0.4) is 0 Å². The van der Waals surface area contributed by atoms with E-state index < -0.39 is 11.6 Å². The van der Waals surface area contributed by atoms with Crippen LogP contribution in [0.1, 0.15) is 35.8 Å². The minimum absolute atomic E-state index is 0.00744. The molecule has 7 heteroatoms. The Kier molecular flexibility index (Phi) is 5.34. The molecule has 4 rings (SSSR count). The Hall–Kier alpha value is -2.77. The van der Waals surface area contributed by atoms with Crippen LogP contribution >= 0.6 is 0 Å². The van der Waals surface area contributed by atoms with Crippen LogP contribution in [0.5, 0.6) is 5.75 Å². The number of rotatable bonds is 4. The summed E-state index contributed by atoms with van der Waals surface area (Å²) in [5.41, 5.74) is 2.21. The fraction of sp³-hybridized carbons (Fsp3) is 0.348. The van der Waals surface area contributed by atoms with Gasteiger partial charge in [-0.3, -0.25) is 9.69 Å². The van der Waals surface area contributed by atoms with Crippen molar-refractivity contribution in [2.24, 2.45) is 7.05 Å². The van der Waals surface area contributed by atoms with E-state index in [-0.39, 0.29) is 29.6 Å². The van der Waals surface area contributed by atoms with Crippen LogP contribution in [0.25, 0.3) is 10.8 Å². The molecule has 2 atom stereocenters. The van der Waals surface area contributed by atoms with E-state index in [1.807, 2.05) is 31.3 Å². The molecule has 0 saturated heterocycles. The summed E-state index contributed by atoms with van der Waals surface area (Å²) >= 11 is 0. The van der Waals surface area contributed by atoms with Crippen molar-refractivity contribution in [3.05, 3.63) is 75.2 Å². The number of ether oxygens (including phenoxy) is 2. The predicted molar refractivity (Wildman–Crippen MR) is 111 cm³/mol. The predicted octanol–water partition coefficient (Wildman–Crippen LogP) is 4.09. The van der Waals surface area contributed by atoms with Crippen molar-refractivity contribution in [2.75, 3.05) is 20.8 Å². The average molecular weight is 414 g/mol. The SMILES string of the molecule is COc1ccc([C@@H](C)N(C)[C@@H]2COCc3c2c2cc(F)c(F)cc2c(=O)n3C)cc1. The number of hydrogen-bond donors (Lipinski definition) is 0. The molecule has 0 N–H and O–H groups in total. The third-order valence-corrected chi connectivity index (χ3v) is 6.15. The number of methoxy groups -OCH3 is 1. The highest BCUT2D eigenvalue weighted by molar-refractivity contribution is 5.86. The van der Waals surface area contributed by atoms with Gasteiger partial charge in [-0.05, 0) is 49.2 Å². The minimum Gasteiger partial charge on any atom is -0.497 e. The second kappa shape index (κ2) is 7.81. The number of aromatic nitrogens is 1. The number of likely N-dealkylation sites (N-methyl/N-ethyl adjacent to an activating group) is 1. The molecule has 0 aliphatic carbocycles. The van der Waals surface area contributed by atoms with Gasteiger partial charge < -0.3 is 14.0 Å². The summed E-state index contributed by atoms with van der Waals surface area (Å²) in [6, 6.07) is 9.71. The summed E-state index contributed by atoms with van der Waals surface area (Å²) in [5.74, 6) is -1.21. The van der Waals surface area contributed by atoms with Crippen LogP contribution < -0.4 is 10.3 Å². The largest absolute Gasteiger partial charge is 0.497 e. The van der Waals surface area contributed by atoms with Gasteiger partial charge in [-0.25, -0.2) is 8.78 Å². The molecule has 0 spiro atoms. The highest BCUT2D eigenvalue weighted by Gasteiger charge is 2.32. The lowest BCUT2D eigenvalue weighted by Crippen LogP contribution is -2.37. The maximum Gasteiger partial charge on any atom is 0.258 e. The standard InChI is InChI=1S/C23H24F2N2O3/c1-13(14-5-7-15(29-4)8-6-14)26(2)20-11-30-12-21-22(20)16-9-18(24)19(25)10-17(16)23(28)27(21)3/h5-10,13,20H,11-12H2,1-4H3/t13-,20-/m1/s1. The molecule has 1 aromatic heterocycles. The summed E-state index contributed by atoms with van der Waals surface area (Å²) in [4.78, 5) is 14.9. The Labute approximate surface area is 173 Å². The molecule has 2 aromatic carbocycles. The van der Waals surface area contributed by atoms with E-state index in [4.69, 9.17) is 9.47 Å². The van der Waals surface area contributed by atoms with Gasteiger partial charge in [0.15, 0.2) is 11.6 Å². The van der Waals surface area contributed by atoms with Gasteiger partial charge in [0.05, 0.1) is 37.4 Å². The van der Waals surface area contributed by atoms with Crippen molar-refractivity contribution in [1.82, 2.24) is 9.47 Å². The van der Waals surface area contributed by atoms with Gasteiger partial charge in [-0.15, -0.1) is 0 Å². The second-order valence-corrected chi connectivity index (χ2v) is 7.68. The van der Waals surface area contributed by atoms with Crippen molar-refractivity contribution in [3.8, 4) is 5.75 Å². The van der Waals surface area contributed by atoms with Gasteiger partial charge in [0.2, 0.25) is 0 Å². The van der Waals surface area contributed by atoms with E-state index in [1.54, 1.807) is 14.2 Å². The first kappa shape index (κ1) is 20.5. The summed E-state index contributed by atoms with van der Waals surface area (Å²) in [6.45, 7) is 2.70. The Morgan fingerprint density at radius 2 is 1.80 bits per heavy atom. The molecule has 2 heterocycles.